The predicted molar refractivity (Wildman–Crippen MR) is 85.9 cm³/mol. The molecule has 0 aliphatic carbocycles. The van der Waals surface area contributed by atoms with Gasteiger partial charge in [0.2, 0.25) is 0 Å². The average molecular weight is 260 g/mol. The molecule has 0 amide bonds. The highest BCUT2D eigenvalue weighted by molar-refractivity contribution is 5.94. The zero-order valence-corrected chi connectivity index (χ0v) is 12.6. The summed E-state index contributed by atoms with van der Waals surface area (Å²) in [6, 6.07) is 8.14. The van der Waals surface area contributed by atoms with E-state index >= 15 is 0 Å². The molecule has 0 unspecified atom stereocenters. The quantitative estimate of drug-likeness (QED) is 0.429. The maximum absolute atomic E-state index is 7.35. The molecule has 0 saturated heterocycles. The normalized spacial score (nSPS) is 9.68. The number of nitrogens with one attached hydrogen (secondary N) is 1. The summed E-state index contributed by atoms with van der Waals surface area (Å²) in [5, 5.41) is 7.35. The SMILES string of the molecule is C=CC.CCCC(CCC)c1ccc(C(=N)N)cc1. The van der Waals surface area contributed by atoms with Crippen molar-refractivity contribution in [2.75, 3.05) is 0 Å². The van der Waals surface area contributed by atoms with E-state index in [1.807, 2.05) is 19.1 Å². The largest absolute Gasteiger partial charge is 0.384 e. The van der Waals surface area contributed by atoms with Gasteiger partial charge in [-0.2, -0.15) is 0 Å². The van der Waals surface area contributed by atoms with Crippen LogP contribution in [0, 0.1) is 5.41 Å². The predicted octanol–water partition coefficient (Wildman–Crippen LogP) is 4.85. The van der Waals surface area contributed by atoms with Crippen LogP contribution in [0.3, 0.4) is 0 Å². The molecule has 0 aliphatic rings. The molecule has 2 nitrogen and oxygen atoms in total. The fourth-order valence-corrected chi connectivity index (χ4v) is 2.11. The van der Waals surface area contributed by atoms with Gasteiger partial charge in [-0.25, -0.2) is 0 Å². The molecule has 0 heterocycles. The summed E-state index contributed by atoms with van der Waals surface area (Å²) in [6.07, 6.45) is 6.68. The number of allylic oxidation sites excluding steroid dienone is 1. The number of amidine groups is 1. The zero-order chi connectivity index (χ0) is 14.7. The van der Waals surface area contributed by atoms with Gasteiger partial charge in [0.15, 0.2) is 0 Å². The lowest BCUT2D eigenvalue weighted by Crippen LogP contribution is -2.11. The molecule has 0 atom stereocenters. The third-order valence-electron chi connectivity index (χ3n) is 2.97. The summed E-state index contributed by atoms with van der Waals surface area (Å²) in [7, 11) is 0. The lowest BCUT2D eigenvalue weighted by Gasteiger charge is -2.16. The molecule has 0 saturated carbocycles. The lowest BCUT2D eigenvalue weighted by atomic mass is 9.90. The third kappa shape index (κ3) is 6.80. The van der Waals surface area contributed by atoms with Crippen LogP contribution in [0.5, 0.6) is 0 Å². The molecule has 106 valence electrons. The Bertz CT molecular complexity index is 359. The van der Waals surface area contributed by atoms with Crippen molar-refractivity contribution in [3.8, 4) is 0 Å². The Morgan fingerprint density at radius 3 is 1.95 bits per heavy atom. The van der Waals surface area contributed by atoms with Gasteiger partial charge in [-0.3, -0.25) is 5.41 Å². The van der Waals surface area contributed by atoms with Crippen LogP contribution in [0.1, 0.15) is 63.5 Å². The van der Waals surface area contributed by atoms with Crippen molar-refractivity contribution in [2.45, 2.75) is 52.4 Å². The number of nitrogen functional groups attached to an aromatic ring is 1. The van der Waals surface area contributed by atoms with Gasteiger partial charge < -0.3 is 5.73 Å². The summed E-state index contributed by atoms with van der Waals surface area (Å²) in [6.45, 7) is 9.71. The summed E-state index contributed by atoms with van der Waals surface area (Å²) < 4.78 is 0. The van der Waals surface area contributed by atoms with Crippen molar-refractivity contribution in [3.05, 3.63) is 48.0 Å². The van der Waals surface area contributed by atoms with Crippen LogP contribution in [-0.4, -0.2) is 5.84 Å². The minimum atomic E-state index is 0.147. The van der Waals surface area contributed by atoms with Crippen molar-refractivity contribution in [1.82, 2.24) is 0 Å². The van der Waals surface area contributed by atoms with Crippen LogP contribution in [0.2, 0.25) is 0 Å². The van der Waals surface area contributed by atoms with E-state index in [1.165, 1.54) is 31.2 Å². The van der Waals surface area contributed by atoms with Crippen LogP contribution < -0.4 is 5.73 Å². The van der Waals surface area contributed by atoms with Gasteiger partial charge in [0, 0.05) is 5.56 Å². The molecule has 0 spiro atoms. The first kappa shape index (κ1) is 17.4. The highest BCUT2D eigenvalue weighted by Crippen LogP contribution is 2.26. The summed E-state index contributed by atoms with van der Waals surface area (Å²) in [5.41, 5.74) is 7.64. The Kier molecular flexibility index (Phi) is 9.51. The molecule has 0 bridgehead atoms. The maximum atomic E-state index is 7.35. The lowest BCUT2D eigenvalue weighted by molar-refractivity contribution is 0.561. The first-order valence-electron chi connectivity index (χ1n) is 7.12. The molecule has 1 aromatic carbocycles. The Labute approximate surface area is 118 Å². The number of benzene rings is 1. The van der Waals surface area contributed by atoms with Gasteiger partial charge >= 0.3 is 0 Å². The van der Waals surface area contributed by atoms with Crippen molar-refractivity contribution in [3.63, 3.8) is 0 Å². The molecular weight excluding hydrogens is 232 g/mol. The summed E-state index contributed by atoms with van der Waals surface area (Å²) in [5.74, 6) is 0.810. The molecule has 3 N–H and O–H groups in total. The first-order chi connectivity index (χ1) is 9.10. The Morgan fingerprint density at radius 2 is 1.63 bits per heavy atom. The molecule has 0 fully saturated rings. The highest BCUT2D eigenvalue weighted by Gasteiger charge is 2.09. The third-order valence-corrected chi connectivity index (χ3v) is 2.97. The van der Waals surface area contributed by atoms with Crippen LogP contribution in [0.15, 0.2) is 36.9 Å². The van der Waals surface area contributed by atoms with Crippen molar-refractivity contribution in [1.29, 1.82) is 5.41 Å². The van der Waals surface area contributed by atoms with Crippen molar-refractivity contribution < 1.29 is 0 Å². The average Bonchev–Trinajstić information content (AvgIpc) is 2.39. The van der Waals surface area contributed by atoms with E-state index in [9.17, 15) is 0 Å². The summed E-state index contributed by atoms with van der Waals surface area (Å²) >= 11 is 0. The minimum absolute atomic E-state index is 0.147. The van der Waals surface area contributed by atoms with E-state index in [4.69, 9.17) is 11.1 Å². The topological polar surface area (TPSA) is 49.9 Å². The first-order valence-corrected chi connectivity index (χ1v) is 7.12. The van der Waals surface area contributed by atoms with Crippen molar-refractivity contribution >= 4 is 5.84 Å². The zero-order valence-electron chi connectivity index (χ0n) is 12.6. The molecule has 0 aliphatic heterocycles. The molecule has 0 radical (unpaired) electrons. The fraction of sp³-hybridized carbons (Fsp3) is 0.471. The Hall–Kier alpha value is -1.57. The second-order valence-electron chi connectivity index (χ2n) is 4.72. The molecule has 1 aromatic rings. The summed E-state index contributed by atoms with van der Waals surface area (Å²) in [4.78, 5) is 0. The van der Waals surface area contributed by atoms with Crippen LogP contribution in [0.25, 0.3) is 0 Å². The van der Waals surface area contributed by atoms with E-state index < -0.39 is 0 Å². The number of rotatable bonds is 6. The number of hydrogen-bond donors (Lipinski definition) is 2. The minimum Gasteiger partial charge on any atom is -0.384 e. The molecule has 1 rings (SSSR count). The fourth-order valence-electron chi connectivity index (χ4n) is 2.11. The van der Waals surface area contributed by atoms with Crippen LogP contribution >= 0.6 is 0 Å². The standard InChI is InChI=1S/C14H22N2.C3H6/c1-3-5-11(6-4-2)12-7-9-13(10-8-12)14(15)16;1-3-2/h7-11H,3-6H2,1-2H3,(H3,15,16);3H,1H2,2H3. The van der Waals surface area contributed by atoms with Crippen LogP contribution in [-0.2, 0) is 0 Å². The van der Waals surface area contributed by atoms with Crippen LogP contribution in [0.4, 0.5) is 0 Å². The second kappa shape index (κ2) is 10.4. The monoisotopic (exact) mass is 260 g/mol. The van der Waals surface area contributed by atoms with E-state index in [1.54, 1.807) is 6.08 Å². The number of hydrogen-bond acceptors (Lipinski definition) is 1. The number of nitrogens with two attached hydrogens (primary N) is 1. The maximum Gasteiger partial charge on any atom is 0.122 e. The van der Waals surface area contributed by atoms with Gasteiger partial charge in [0.1, 0.15) is 5.84 Å². The second-order valence-corrected chi connectivity index (χ2v) is 4.72. The molecular formula is C17H28N2. The van der Waals surface area contributed by atoms with Gasteiger partial charge in [0.25, 0.3) is 0 Å². The smallest absolute Gasteiger partial charge is 0.122 e. The van der Waals surface area contributed by atoms with Crippen molar-refractivity contribution in [2.24, 2.45) is 5.73 Å². The van der Waals surface area contributed by atoms with Gasteiger partial charge in [-0.15, -0.1) is 6.58 Å². The van der Waals surface area contributed by atoms with E-state index in [0.717, 1.165) is 5.56 Å². The van der Waals surface area contributed by atoms with E-state index in [-0.39, 0.29) is 5.84 Å². The van der Waals surface area contributed by atoms with E-state index in [0.29, 0.717) is 5.92 Å². The van der Waals surface area contributed by atoms with Gasteiger partial charge in [-0.1, -0.05) is 57.0 Å². The van der Waals surface area contributed by atoms with Gasteiger partial charge in [0.05, 0.1) is 0 Å². The Balaban J connectivity index is 0.000000982. The van der Waals surface area contributed by atoms with Gasteiger partial charge in [-0.05, 0) is 31.2 Å². The molecule has 0 aromatic heterocycles. The molecule has 19 heavy (non-hydrogen) atoms. The highest BCUT2D eigenvalue weighted by atomic mass is 14.7. The Morgan fingerprint density at radius 1 is 1.21 bits per heavy atom. The van der Waals surface area contributed by atoms with E-state index in [2.05, 4.69) is 32.6 Å². The molecule has 2 heteroatoms.